The van der Waals surface area contributed by atoms with Gasteiger partial charge in [0.2, 0.25) is 5.54 Å². The van der Waals surface area contributed by atoms with Crippen molar-refractivity contribution < 1.29 is 18.0 Å². The first-order valence-corrected chi connectivity index (χ1v) is 5.37. The Hall–Kier alpha value is -1.24. The maximum absolute atomic E-state index is 12.8. The molecule has 0 fully saturated rings. The zero-order valence-electron chi connectivity index (χ0n) is 8.81. The van der Waals surface area contributed by atoms with Crippen LogP contribution in [0.25, 0.3) is 0 Å². The van der Waals surface area contributed by atoms with E-state index in [2.05, 4.69) is 21.2 Å². The summed E-state index contributed by atoms with van der Waals surface area (Å²) in [5, 5.41) is 2.12. The average molecular weight is 311 g/mol. The molecule has 0 spiro atoms. The summed E-state index contributed by atoms with van der Waals surface area (Å²) in [6.45, 7) is 0.703. The van der Waals surface area contributed by atoms with Crippen molar-refractivity contribution in [2.45, 2.75) is 18.6 Å². The van der Waals surface area contributed by atoms with Crippen molar-refractivity contribution in [2.24, 2.45) is 5.73 Å². The first kappa shape index (κ1) is 13.8. The molecular formula is C10H10BrF3N2O. The summed E-state index contributed by atoms with van der Waals surface area (Å²) < 4.78 is 38.8. The van der Waals surface area contributed by atoms with E-state index in [1.54, 1.807) is 18.2 Å². The summed E-state index contributed by atoms with van der Waals surface area (Å²) >= 11 is 3.08. The van der Waals surface area contributed by atoms with Gasteiger partial charge in [-0.05, 0) is 35.0 Å². The molecule has 3 nitrogen and oxygen atoms in total. The maximum Gasteiger partial charge on any atom is 0.420 e. The minimum Gasteiger partial charge on any atom is -0.367 e. The van der Waals surface area contributed by atoms with Crippen molar-refractivity contribution in [3.63, 3.8) is 0 Å². The number of para-hydroxylation sites is 1. The zero-order valence-corrected chi connectivity index (χ0v) is 10.4. The summed E-state index contributed by atoms with van der Waals surface area (Å²) in [6, 6.07) is 6.16. The number of benzene rings is 1. The molecule has 94 valence electrons. The minimum atomic E-state index is -4.78. The van der Waals surface area contributed by atoms with Crippen LogP contribution in [0.4, 0.5) is 18.9 Å². The highest BCUT2D eigenvalue weighted by atomic mass is 79.9. The number of anilines is 1. The normalized spacial score (nSPS) is 15.1. The molecule has 0 radical (unpaired) electrons. The molecule has 0 saturated heterocycles. The van der Waals surface area contributed by atoms with Crippen LogP contribution in [-0.4, -0.2) is 17.6 Å². The third kappa shape index (κ3) is 2.71. The van der Waals surface area contributed by atoms with E-state index in [1.807, 2.05) is 0 Å². The van der Waals surface area contributed by atoms with Crippen molar-refractivity contribution in [2.75, 3.05) is 5.32 Å². The average Bonchev–Trinajstić information content (AvgIpc) is 2.19. The zero-order chi connectivity index (χ0) is 13.3. The summed E-state index contributed by atoms with van der Waals surface area (Å²) in [6.07, 6.45) is -4.78. The molecule has 0 aliphatic carbocycles. The minimum absolute atomic E-state index is 0.145. The van der Waals surface area contributed by atoms with E-state index in [0.717, 1.165) is 0 Å². The lowest BCUT2D eigenvalue weighted by Crippen LogP contribution is -2.58. The van der Waals surface area contributed by atoms with Crippen LogP contribution in [0.3, 0.4) is 0 Å². The fourth-order valence-electron chi connectivity index (χ4n) is 1.10. The monoisotopic (exact) mass is 310 g/mol. The molecule has 7 heteroatoms. The Labute approximate surface area is 104 Å². The van der Waals surface area contributed by atoms with Crippen molar-refractivity contribution in [3.05, 3.63) is 28.7 Å². The van der Waals surface area contributed by atoms with E-state index >= 15 is 0 Å². The molecule has 1 atom stereocenters. The highest BCUT2D eigenvalue weighted by molar-refractivity contribution is 9.10. The topological polar surface area (TPSA) is 55.1 Å². The molecule has 0 aliphatic heterocycles. The van der Waals surface area contributed by atoms with Gasteiger partial charge in [-0.15, -0.1) is 0 Å². The Morgan fingerprint density at radius 2 is 1.88 bits per heavy atom. The Balaban J connectivity index is 3.13. The number of rotatable bonds is 3. The van der Waals surface area contributed by atoms with E-state index in [-0.39, 0.29) is 5.69 Å². The number of amides is 1. The van der Waals surface area contributed by atoms with E-state index in [9.17, 15) is 18.0 Å². The maximum atomic E-state index is 12.8. The quantitative estimate of drug-likeness (QED) is 0.902. The standard InChI is InChI=1S/C10H10BrF3N2O/c1-9(8(15)17,10(12,13)14)16-7-5-3-2-4-6(7)11/h2-5,16H,1H3,(H2,15,17). The van der Waals surface area contributed by atoms with Gasteiger partial charge >= 0.3 is 6.18 Å². The molecule has 3 N–H and O–H groups in total. The lowest BCUT2D eigenvalue weighted by molar-refractivity contribution is -0.180. The van der Waals surface area contributed by atoms with E-state index in [4.69, 9.17) is 5.73 Å². The fourth-order valence-corrected chi connectivity index (χ4v) is 1.49. The van der Waals surface area contributed by atoms with Gasteiger partial charge in [0.15, 0.2) is 0 Å². The van der Waals surface area contributed by atoms with E-state index < -0.39 is 17.6 Å². The van der Waals surface area contributed by atoms with Gasteiger partial charge in [-0.1, -0.05) is 12.1 Å². The highest BCUT2D eigenvalue weighted by Crippen LogP contribution is 2.35. The number of nitrogens with one attached hydrogen (secondary N) is 1. The van der Waals surface area contributed by atoms with Crippen LogP contribution < -0.4 is 11.1 Å². The van der Waals surface area contributed by atoms with Crippen LogP contribution >= 0.6 is 15.9 Å². The molecule has 1 aromatic rings. The van der Waals surface area contributed by atoms with Crippen LogP contribution in [0.1, 0.15) is 6.92 Å². The Morgan fingerprint density at radius 3 is 2.29 bits per heavy atom. The summed E-state index contributed by atoms with van der Waals surface area (Å²) in [4.78, 5) is 11.0. The van der Waals surface area contributed by atoms with Crippen LogP contribution in [0.5, 0.6) is 0 Å². The smallest absolute Gasteiger partial charge is 0.367 e. The third-order valence-electron chi connectivity index (χ3n) is 2.32. The number of halogens is 4. The number of carbonyl (C=O) groups excluding carboxylic acids is 1. The highest BCUT2D eigenvalue weighted by Gasteiger charge is 2.56. The summed E-state index contributed by atoms with van der Waals surface area (Å²) in [5.41, 5.74) is 2.15. The van der Waals surface area contributed by atoms with Crippen LogP contribution in [-0.2, 0) is 4.79 Å². The molecule has 0 heterocycles. The Bertz CT molecular complexity index is 436. The van der Waals surface area contributed by atoms with Gasteiger partial charge in [-0.2, -0.15) is 13.2 Å². The number of hydrogen-bond acceptors (Lipinski definition) is 2. The summed E-state index contributed by atoms with van der Waals surface area (Å²) in [7, 11) is 0. The second-order valence-corrected chi connectivity index (χ2v) is 4.45. The second-order valence-electron chi connectivity index (χ2n) is 3.59. The lowest BCUT2D eigenvalue weighted by atomic mass is 10.0. The SMILES string of the molecule is CC(Nc1ccccc1Br)(C(N)=O)C(F)(F)F. The van der Waals surface area contributed by atoms with Crippen LogP contribution in [0, 0.1) is 0 Å². The Morgan fingerprint density at radius 1 is 1.35 bits per heavy atom. The van der Waals surface area contributed by atoms with Gasteiger partial charge in [0.05, 0.1) is 0 Å². The number of carbonyl (C=O) groups is 1. The van der Waals surface area contributed by atoms with Crippen LogP contribution in [0.15, 0.2) is 28.7 Å². The van der Waals surface area contributed by atoms with Gasteiger partial charge < -0.3 is 11.1 Å². The fraction of sp³-hybridized carbons (Fsp3) is 0.300. The number of hydrogen-bond donors (Lipinski definition) is 2. The van der Waals surface area contributed by atoms with Gasteiger partial charge in [0.25, 0.3) is 5.91 Å². The third-order valence-corrected chi connectivity index (χ3v) is 3.01. The molecule has 1 unspecified atom stereocenters. The van der Waals surface area contributed by atoms with Gasteiger partial charge in [-0.3, -0.25) is 4.79 Å². The van der Waals surface area contributed by atoms with Gasteiger partial charge in [0.1, 0.15) is 0 Å². The predicted molar refractivity (Wildman–Crippen MR) is 61.4 cm³/mol. The summed E-state index contributed by atoms with van der Waals surface area (Å²) in [5.74, 6) is -1.49. The van der Waals surface area contributed by atoms with E-state index in [1.165, 1.54) is 6.07 Å². The molecule has 17 heavy (non-hydrogen) atoms. The van der Waals surface area contributed by atoms with Gasteiger partial charge in [0, 0.05) is 10.2 Å². The molecule has 1 rings (SSSR count). The van der Waals surface area contributed by atoms with Crippen molar-refractivity contribution in [3.8, 4) is 0 Å². The van der Waals surface area contributed by atoms with Crippen molar-refractivity contribution in [1.29, 1.82) is 0 Å². The molecule has 0 aromatic heterocycles. The van der Waals surface area contributed by atoms with Crippen molar-refractivity contribution in [1.82, 2.24) is 0 Å². The predicted octanol–water partition coefficient (Wildman–Crippen LogP) is 2.67. The second kappa shape index (κ2) is 4.56. The Kier molecular flexibility index (Phi) is 3.71. The first-order chi connectivity index (χ1) is 7.68. The molecule has 0 bridgehead atoms. The number of alkyl halides is 3. The van der Waals surface area contributed by atoms with Crippen LogP contribution in [0.2, 0.25) is 0 Å². The molecule has 0 saturated carbocycles. The molecular weight excluding hydrogens is 301 g/mol. The first-order valence-electron chi connectivity index (χ1n) is 4.58. The molecule has 1 aromatic carbocycles. The molecule has 0 aliphatic rings. The lowest BCUT2D eigenvalue weighted by Gasteiger charge is -2.31. The largest absolute Gasteiger partial charge is 0.420 e. The van der Waals surface area contributed by atoms with Crippen molar-refractivity contribution >= 4 is 27.5 Å². The van der Waals surface area contributed by atoms with E-state index in [0.29, 0.717) is 11.4 Å². The molecule has 1 amide bonds. The number of nitrogens with two attached hydrogens (primary N) is 1. The van der Waals surface area contributed by atoms with Gasteiger partial charge in [-0.25, -0.2) is 0 Å². The number of primary amides is 1.